The summed E-state index contributed by atoms with van der Waals surface area (Å²) < 4.78 is 9.95. The molecule has 11 heavy (non-hydrogen) atoms. The average Bonchev–Trinajstić information content (AvgIpc) is 2.62. The van der Waals surface area contributed by atoms with Crippen molar-refractivity contribution in [1.82, 2.24) is 4.90 Å². The van der Waals surface area contributed by atoms with Crippen molar-refractivity contribution >= 4 is 6.09 Å². The number of likely N-dealkylation sites (tertiary alicyclic amines) is 1. The van der Waals surface area contributed by atoms with E-state index in [-0.39, 0.29) is 18.2 Å². The fourth-order valence-electron chi connectivity index (χ4n) is 1.74. The monoisotopic (exact) mass is 157 g/mol. The molecule has 0 aliphatic carbocycles. The minimum absolute atomic E-state index is 0.221. The van der Waals surface area contributed by atoms with Crippen molar-refractivity contribution in [2.75, 3.05) is 20.3 Å². The number of morpholine rings is 1. The van der Waals surface area contributed by atoms with E-state index in [4.69, 9.17) is 4.74 Å². The molecule has 2 aliphatic rings. The third kappa shape index (κ3) is 0.976. The Kier molecular flexibility index (Phi) is 1.49. The van der Waals surface area contributed by atoms with Crippen LogP contribution in [0.2, 0.25) is 0 Å². The van der Waals surface area contributed by atoms with E-state index < -0.39 is 0 Å². The average molecular weight is 157 g/mol. The first-order valence-corrected chi connectivity index (χ1v) is 3.77. The van der Waals surface area contributed by atoms with Gasteiger partial charge in [-0.1, -0.05) is 0 Å². The number of carbonyl (C=O) groups excluding carboxylic acids is 1. The zero-order chi connectivity index (χ0) is 7.84. The van der Waals surface area contributed by atoms with Crippen LogP contribution in [0.25, 0.3) is 0 Å². The van der Waals surface area contributed by atoms with Crippen LogP contribution in [0.1, 0.15) is 6.42 Å². The summed E-state index contributed by atoms with van der Waals surface area (Å²) in [7, 11) is 1.41. The van der Waals surface area contributed by atoms with Gasteiger partial charge < -0.3 is 14.4 Å². The van der Waals surface area contributed by atoms with Crippen molar-refractivity contribution in [3.8, 4) is 0 Å². The second-order valence-corrected chi connectivity index (χ2v) is 2.97. The number of methoxy groups -OCH3 is 1. The van der Waals surface area contributed by atoms with Crippen LogP contribution < -0.4 is 0 Å². The minimum atomic E-state index is -0.221. The van der Waals surface area contributed by atoms with Crippen LogP contribution in [0.4, 0.5) is 4.79 Å². The highest BCUT2D eigenvalue weighted by Crippen LogP contribution is 2.27. The number of rotatable bonds is 0. The molecule has 4 nitrogen and oxygen atoms in total. The van der Waals surface area contributed by atoms with E-state index >= 15 is 0 Å². The number of nitrogens with zero attached hydrogens (tertiary/aromatic N) is 1. The summed E-state index contributed by atoms with van der Waals surface area (Å²) in [5, 5.41) is 0. The topological polar surface area (TPSA) is 38.8 Å². The van der Waals surface area contributed by atoms with E-state index in [0.717, 1.165) is 6.42 Å². The lowest BCUT2D eigenvalue weighted by molar-refractivity contribution is 0.0278. The highest BCUT2D eigenvalue weighted by atomic mass is 16.5. The van der Waals surface area contributed by atoms with Crippen molar-refractivity contribution in [2.24, 2.45) is 0 Å². The molecule has 0 aromatic heterocycles. The van der Waals surface area contributed by atoms with Gasteiger partial charge in [0.05, 0.1) is 32.4 Å². The maximum absolute atomic E-state index is 11.1. The number of hydrogen-bond donors (Lipinski definition) is 0. The molecule has 0 unspecified atom stereocenters. The number of fused-ring (bicyclic) bond motifs is 2. The summed E-state index contributed by atoms with van der Waals surface area (Å²) in [4.78, 5) is 12.8. The van der Waals surface area contributed by atoms with E-state index in [0.29, 0.717) is 13.2 Å². The van der Waals surface area contributed by atoms with Crippen LogP contribution in [0.5, 0.6) is 0 Å². The van der Waals surface area contributed by atoms with Gasteiger partial charge in [-0.05, 0) is 6.42 Å². The zero-order valence-corrected chi connectivity index (χ0v) is 6.45. The first kappa shape index (κ1) is 6.91. The molecule has 2 rings (SSSR count). The first-order chi connectivity index (χ1) is 5.31. The van der Waals surface area contributed by atoms with Crippen LogP contribution in [-0.2, 0) is 9.47 Å². The lowest BCUT2D eigenvalue weighted by Gasteiger charge is -2.24. The van der Waals surface area contributed by atoms with Gasteiger partial charge in [-0.2, -0.15) is 0 Å². The molecule has 2 fully saturated rings. The van der Waals surface area contributed by atoms with Crippen LogP contribution in [0, 0.1) is 0 Å². The Hall–Kier alpha value is -0.770. The van der Waals surface area contributed by atoms with Gasteiger partial charge in [0.1, 0.15) is 0 Å². The first-order valence-electron chi connectivity index (χ1n) is 3.77. The van der Waals surface area contributed by atoms with Gasteiger partial charge >= 0.3 is 6.09 Å². The molecule has 0 N–H and O–H groups in total. The number of hydrogen-bond acceptors (Lipinski definition) is 3. The fourth-order valence-corrected chi connectivity index (χ4v) is 1.74. The smallest absolute Gasteiger partial charge is 0.409 e. The highest BCUT2D eigenvalue weighted by molar-refractivity contribution is 5.68. The van der Waals surface area contributed by atoms with E-state index in [9.17, 15) is 4.79 Å². The third-order valence-corrected chi connectivity index (χ3v) is 2.31. The Balaban J connectivity index is 2.02. The molecule has 2 aliphatic heterocycles. The van der Waals surface area contributed by atoms with Gasteiger partial charge in [-0.25, -0.2) is 4.79 Å². The van der Waals surface area contributed by atoms with Gasteiger partial charge in [0.25, 0.3) is 0 Å². The Morgan fingerprint density at radius 1 is 1.73 bits per heavy atom. The summed E-state index contributed by atoms with van der Waals surface area (Å²) in [6.07, 6.45) is 1.02. The Labute approximate surface area is 65.1 Å². The number of ether oxygens (including phenoxy) is 2. The molecule has 2 atom stereocenters. The minimum Gasteiger partial charge on any atom is -0.453 e. The Bertz CT molecular complexity index is 183. The molecule has 1 amide bonds. The van der Waals surface area contributed by atoms with Gasteiger partial charge in [0.15, 0.2) is 0 Å². The molecule has 0 aromatic rings. The van der Waals surface area contributed by atoms with Crippen molar-refractivity contribution < 1.29 is 14.3 Å². The second-order valence-electron chi connectivity index (χ2n) is 2.97. The molecule has 0 radical (unpaired) electrons. The maximum atomic E-state index is 11.1. The van der Waals surface area contributed by atoms with E-state index in [2.05, 4.69) is 4.74 Å². The molecule has 2 heterocycles. The fraction of sp³-hybridized carbons (Fsp3) is 0.857. The third-order valence-electron chi connectivity index (χ3n) is 2.31. The molecule has 0 spiro atoms. The van der Waals surface area contributed by atoms with E-state index in [1.165, 1.54) is 7.11 Å². The van der Waals surface area contributed by atoms with E-state index in [1.807, 2.05) is 0 Å². The van der Waals surface area contributed by atoms with Gasteiger partial charge in [0, 0.05) is 0 Å². The molecule has 0 aromatic carbocycles. The molecule has 2 saturated heterocycles. The van der Waals surface area contributed by atoms with Crippen LogP contribution in [0.3, 0.4) is 0 Å². The van der Waals surface area contributed by atoms with Crippen LogP contribution in [0.15, 0.2) is 0 Å². The molecule has 2 bridgehead atoms. The second kappa shape index (κ2) is 2.37. The van der Waals surface area contributed by atoms with Crippen molar-refractivity contribution in [2.45, 2.75) is 18.6 Å². The van der Waals surface area contributed by atoms with Crippen LogP contribution >= 0.6 is 0 Å². The lowest BCUT2D eigenvalue weighted by atomic mass is 10.2. The van der Waals surface area contributed by atoms with Gasteiger partial charge in [0.2, 0.25) is 0 Å². The number of carbonyl (C=O) groups is 1. The molecule has 0 saturated carbocycles. The Morgan fingerprint density at radius 2 is 2.55 bits per heavy atom. The maximum Gasteiger partial charge on any atom is 0.409 e. The largest absolute Gasteiger partial charge is 0.453 e. The lowest BCUT2D eigenvalue weighted by Crippen LogP contribution is -2.41. The van der Waals surface area contributed by atoms with Crippen molar-refractivity contribution in [3.63, 3.8) is 0 Å². The molecule has 4 heteroatoms. The van der Waals surface area contributed by atoms with E-state index in [1.54, 1.807) is 4.90 Å². The highest BCUT2D eigenvalue weighted by Gasteiger charge is 2.41. The summed E-state index contributed by atoms with van der Waals surface area (Å²) in [5.41, 5.74) is 0. The van der Waals surface area contributed by atoms with Crippen molar-refractivity contribution in [1.29, 1.82) is 0 Å². The summed E-state index contributed by atoms with van der Waals surface area (Å²) in [5.74, 6) is 0. The standard InChI is InChI=1S/C7H11NO3/c1-10-7(9)8-3-6-2-5(8)4-11-6/h5-6H,2-4H2,1H3/t5-,6-/m1/s1. The summed E-state index contributed by atoms with van der Waals surface area (Å²) in [6.45, 7) is 1.39. The predicted molar refractivity (Wildman–Crippen MR) is 37.3 cm³/mol. The van der Waals surface area contributed by atoms with Gasteiger partial charge in [-0.3, -0.25) is 0 Å². The summed E-state index contributed by atoms with van der Waals surface area (Å²) >= 11 is 0. The van der Waals surface area contributed by atoms with Gasteiger partial charge in [-0.15, -0.1) is 0 Å². The predicted octanol–water partition coefficient (Wildman–Crippen LogP) is 0.226. The molecule has 62 valence electrons. The number of amides is 1. The Morgan fingerprint density at radius 3 is 3.00 bits per heavy atom. The normalized spacial score (nSPS) is 34.5. The SMILES string of the molecule is COC(=O)N1C[C@H]2C[C@@H]1CO2. The zero-order valence-electron chi connectivity index (χ0n) is 6.45. The quantitative estimate of drug-likeness (QED) is 0.505. The molecular formula is C7H11NO3. The van der Waals surface area contributed by atoms with Crippen LogP contribution in [-0.4, -0.2) is 43.4 Å². The summed E-state index contributed by atoms with van der Waals surface area (Å²) in [6, 6.07) is 0.271. The van der Waals surface area contributed by atoms with Crippen molar-refractivity contribution in [3.05, 3.63) is 0 Å². The molecular weight excluding hydrogens is 146 g/mol.